The third-order valence-corrected chi connectivity index (χ3v) is 3.38. The van der Waals surface area contributed by atoms with E-state index in [1.165, 1.54) is 11.1 Å². The van der Waals surface area contributed by atoms with Crippen LogP contribution in [0.25, 0.3) is 0 Å². The van der Waals surface area contributed by atoms with Crippen molar-refractivity contribution in [3.63, 3.8) is 0 Å². The Morgan fingerprint density at radius 2 is 2.28 bits per heavy atom. The molecule has 0 saturated carbocycles. The van der Waals surface area contributed by atoms with Crippen molar-refractivity contribution in [2.75, 3.05) is 6.54 Å². The predicted octanol–water partition coefficient (Wildman–Crippen LogP) is 1.13. The lowest BCUT2D eigenvalue weighted by molar-refractivity contribution is -0.121. The number of nitrogens with zero attached hydrogens (tertiary/aromatic N) is 2. The summed E-state index contributed by atoms with van der Waals surface area (Å²) in [5.74, 6) is -0.758. The maximum absolute atomic E-state index is 12.3. The van der Waals surface area contributed by atoms with Crippen LogP contribution >= 0.6 is 11.6 Å². The summed E-state index contributed by atoms with van der Waals surface area (Å²) in [6.45, 7) is 2.32. The van der Waals surface area contributed by atoms with Gasteiger partial charge in [0, 0.05) is 18.4 Å². The quantitative estimate of drug-likeness (QED) is 0.873. The molecule has 6 heteroatoms. The molecule has 0 aromatic carbocycles. The smallest absolute Gasteiger partial charge is 0.257 e. The SMILES string of the molecule is Cc1cc(Cl)c(C(=O)N2CCCC2C(N)=O)cn1. The van der Waals surface area contributed by atoms with E-state index in [1.807, 2.05) is 0 Å². The zero-order chi connectivity index (χ0) is 13.3. The predicted molar refractivity (Wildman–Crippen MR) is 67.2 cm³/mol. The molecule has 2 amide bonds. The minimum absolute atomic E-state index is 0.284. The van der Waals surface area contributed by atoms with Gasteiger partial charge in [-0.15, -0.1) is 0 Å². The zero-order valence-corrected chi connectivity index (χ0v) is 10.8. The molecule has 1 aliphatic heterocycles. The van der Waals surface area contributed by atoms with Gasteiger partial charge in [0.15, 0.2) is 0 Å². The fourth-order valence-corrected chi connectivity index (χ4v) is 2.43. The Bertz CT molecular complexity index is 504. The van der Waals surface area contributed by atoms with Crippen molar-refractivity contribution in [2.24, 2.45) is 5.73 Å². The summed E-state index contributed by atoms with van der Waals surface area (Å²) in [6, 6.07) is 1.10. The second-order valence-corrected chi connectivity index (χ2v) is 4.77. The van der Waals surface area contributed by atoms with Crippen molar-refractivity contribution in [1.29, 1.82) is 0 Å². The van der Waals surface area contributed by atoms with E-state index in [-0.39, 0.29) is 5.91 Å². The topological polar surface area (TPSA) is 76.3 Å². The Balaban J connectivity index is 2.28. The first-order valence-electron chi connectivity index (χ1n) is 5.73. The highest BCUT2D eigenvalue weighted by molar-refractivity contribution is 6.33. The second kappa shape index (κ2) is 4.94. The molecule has 0 bridgehead atoms. The second-order valence-electron chi connectivity index (χ2n) is 4.36. The van der Waals surface area contributed by atoms with Crippen LogP contribution in [0.2, 0.25) is 5.02 Å². The third-order valence-electron chi connectivity index (χ3n) is 3.06. The number of amides is 2. The molecule has 1 fully saturated rings. The van der Waals surface area contributed by atoms with Gasteiger partial charge in [-0.2, -0.15) is 0 Å². The number of halogens is 1. The van der Waals surface area contributed by atoms with Crippen molar-refractivity contribution in [3.8, 4) is 0 Å². The van der Waals surface area contributed by atoms with Crippen LogP contribution in [0.15, 0.2) is 12.3 Å². The Kier molecular flexibility index (Phi) is 3.52. The van der Waals surface area contributed by atoms with E-state index in [0.717, 1.165) is 12.1 Å². The number of rotatable bonds is 2. The first kappa shape index (κ1) is 12.8. The number of carbonyl (C=O) groups is 2. The number of carbonyl (C=O) groups excluding carboxylic acids is 2. The molecule has 2 N–H and O–H groups in total. The van der Waals surface area contributed by atoms with Gasteiger partial charge in [0.1, 0.15) is 6.04 Å². The van der Waals surface area contributed by atoms with Crippen molar-refractivity contribution < 1.29 is 9.59 Å². The molecule has 2 rings (SSSR count). The molecule has 0 aliphatic carbocycles. The molecular weight excluding hydrogens is 254 g/mol. The highest BCUT2D eigenvalue weighted by Crippen LogP contribution is 2.23. The van der Waals surface area contributed by atoms with Crippen LogP contribution in [-0.2, 0) is 4.79 Å². The van der Waals surface area contributed by atoms with Crippen LogP contribution < -0.4 is 5.73 Å². The molecule has 1 aromatic rings. The number of likely N-dealkylation sites (tertiary alicyclic amines) is 1. The largest absolute Gasteiger partial charge is 0.368 e. The third kappa shape index (κ3) is 2.31. The molecule has 2 heterocycles. The van der Waals surface area contributed by atoms with Gasteiger partial charge in [-0.1, -0.05) is 11.6 Å². The average Bonchev–Trinajstić information content (AvgIpc) is 2.77. The maximum Gasteiger partial charge on any atom is 0.257 e. The van der Waals surface area contributed by atoms with E-state index in [4.69, 9.17) is 17.3 Å². The summed E-state index contributed by atoms with van der Waals surface area (Å²) in [6.07, 6.45) is 2.82. The highest BCUT2D eigenvalue weighted by Gasteiger charge is 2.33. The number of primary amides is 1. The van der Waals surface area contributed by atoms with Crippen molar-refractivity contribution >= 4 is 23.4 Å². The van der Waals surface area contributed by atoms with E-state index in [2.05, 4.69) is 4.98 Å². The molecule has 96 valence electrons. The minimum atomic E-state index is -0.533. The number of nitrogens with two attached hydrogens (primary N) is 1. The molecule has 0 spiro atoms. The Labute approximate surface area is 110 Å². The fraction of sp³-hybridized carbons (Fsp3) is 0.417. The van der Waals surface area contributed by atoms with Gasteiger partial charge < -0.3 is 10.6 Å². The number of hydrogen-bond donors (Lipinski definition) is 1. The molecule has 1 aliphatic rings. The average molecular weight is 268 g/mol. The van der Waals surface area contributed by atoms with Gasteiger partial charge in [0.2, 0.25) is 5.91 Å². The van der Waals surface area contributed by atoms with Gasteiger partial charge in [-0.05, 0) is 25.8 Å². The highest BCUT2D eigenvalue weighted by atomic mass is 35.5. The van der Waals surface area contributed by atoms with Crippen LogP contribution in [0.4, 0.5) is 0 Å². The molecule has 5 nitrogen and oxygen atoms in total. The van der Waals surface area contributed by atoms with E-state index in [0.29, 0.717) is 23.6 Å². The van der Waals surface area contributed by atoms with Gasteiger partial charge in [-0.3, -0.25) is 14.6 Å². The molecule has 18 heavy (non-hydrogen) atoms. The van der Waals surface area contributed by atoms with Crippen LogP contribution in [0.3, 0.4) is 0 Å². The van der Waals surface area contributed by atoms with Gasteiger partial charge in [0.05, 0.1) is 10.6 Å². The first-order valence-corrected chi connectivity index (χ1v) is 6.11. The summed E-state index contributed by atoms with van der Waals surface area (Å²) in [4.78, 5) is 29.1. The summed E-state index contributed by atoms with van der Waals surface area (Å²) in [5.41, 5.74) is 6.34. The molecule has 0 radical (unpaired) electrons. The van der Waals surface area contributed by atoms with Gasteiger partial charge >= 0.3 is 0 Å². The Hall–Kier alpha value is -1.62. The van der Waals surface area contributed by atoms with E-state index >= 15 is 0 Å². The number of hydrogen-bond acceptors (Lipinski definition) is 3. The Morgan fingerprint density at radius 1 is 1.56 bits per heavy atom. The van der Waals surface area contributed by atoms with Crippen molar-refractivity contribution in [3.05, 3.63) is 28.5 Å². The van der Waals surface area contributed by atoms with Crippen LogP contribution in [0.5, 0.6) is 0 Å². The van der Waals surface area contributed by atoms with E-state index < -0.39 is 11.9 Å². The lowest BCUT2D eigenvalue weighted by Gasteiger charge is -2.22. The number of aromatic nitrogens is 1. The monoisotopic (exact) mass is 267 g/mol. The normalized spacial score (nSPS) is 19.0. The molecular formula is C12H14ClN3O2. The van der Waals surface area contributed by atoms with Crippen LogP contribution in [0.1, 0.15) is 28.9 Å². The van der Waals surface area contributed by atoms with Gasteiger partial charge in [0.25, 0.3) is 5.91 Å². The van der Waals surface area contributed by atoms with Crippen molar-refractivity contribution in [2.45, 2.75) is 25.8 Å². The maximum atomic E-state index is 12.3. The van der Waals surface area contributed by atoms with Gasteiger partial charge in [-0.25, -0.2) is 0 Å². The Morgan fingerprint density at radius 3 is 2.89 bits per heavy atom. The summed E-state index contributed by atoms with van der Waals surface area (Å²) in [7, 11) is 0. The van der Waals surface area contributed by atoms with Crippen molar-refractivity contribution in [1.82, 2.24) is 9.88 Å². The summed E-state index contributed by atoms with van der Waals surface area (Å²) < 4.78 is 0. The summed E-state index contributed by atoms with van der Waals surface area (Å²) in [5, 5.41) is 0.350. The van der Waals surface area contributed by atoms with Crippen LogP contribution in [0, 0.1) is 6.92 Å². The first-order chi connectivity index (χ1) is 8.50. The molecule has 1 saturated heterocycles. The lowest BCUT2D eigenvalue weighted by atomic mass is 10.2. The fourth-order valence-electron chi connectivity index (χ4n) is 2.14. The number of pyridine rings is 1. The molecule has 1 atom stereocenters. The van der Waals surface area contributed by atoms with Crippen LogP contribution in [-0.4, -0.2) is 34.3 Å². The standard InChI is InChI=1S/C12H14ClN3O2/c1-7-5-9(13)8(6-15-7)12(18)16-4-2-3-10(16)11(14)17/h5-6,10H,2-4H2,1H3,(H2,14,17). The molecule has 1 unspecified atom stereocenters. The number of aryl methyl sites for hydroxylation is 1. The summed E-state index contributed by atoms with van der Waals surface area (Å²) >= 11 is 6.03. The lowest BCUT2D eigenvalue weighted by Crippen LogP contribution is -2.43. The molecule has 1 aromatic heterocycles. The zero-order valence-electron chi connectivity index (χ0n) is 10.0. The van der Waals surface area contributed by atoms with E-state index in [9.17, 15) is 9.59 Å². The minimum Gasteiger partial charge on any atom is -0.368 e. The van der Waals surface area contributed by atoms with E-state index in [1.54, 1.807) is 13.0 Å².